The highest BCUT2D eigenvalue weighted by molar-refractivity contribution is 5.61. The summed E-state index contributed by atoms with van der Waals surface area (Å²) in [4.78, 5) is 20.0. The summed E-state index contributed by atoms with van der Waals surface area (Å²) >= 11 is 0. The molecule has 0 aliphatic rings. The highest BCUT2D eigenvalue weighted by atomic mass is 16.1. The van der Waals surface area contributed by atoms with Crippen LogP contribution in [0, 0.1) is 0 Å². The van der Waals surface area contributed by atoms with E-state index in [9.17, 15) is 4.79 Å². The topological polar surface area (TPSA) is 101 Å². The van der Waals surface area contributed by atoms with Gasteiger partial charge in [-0.15, -0.1) is 0 Å². The lowest BCUT2D eigenvalue weighted by molar-refractivity contribution is 0.811. The van der Waals surface area contributed by atoms with Crippen molar-refractivity contribution < 1.29 is 0 Å². The zero-order chi connectivity index (χ0) is 13.8. The fraction of sp³-hybridized carbons (Fsp3) is 0.231. The first-order chi connectivity index (χ1) is 9.13. The summed E-state index contributed by atoms with van der Waals surface area (Å²) in [5.41, 5.74) is 13.2. The van der Waals surface area contributed by atoms with Gasteiger partial charge in [0.1, 0.15) is 5.69 Å². The van der Waals surface area contributed by atoms with Crippen molar-refractivity contribution in [1.82, 2.24) is 9.97 Å². The second kappa shape index (κ2) is 5.43. The Morgan fingerprint density at radius 3 is 2.74 bits per heavy atom. The van der Waals surface area contributed by atoms with Gasteiger partial charge in [-0.05, 0) is 18.6 Å². The molecule has 0 bridgehead atoms. The first-order valence-electron chi connectivity index (χ1n) is 6.05. The normalized spacial score (nSPS) is 10.4. The van der Waals surface area contributed by atoms with Gasteiger partial charge in [0.2, 0.25) is 0 Å². The summed E-state index contributed by atoms with van der Waals surface area (Å²) in [6.45, 7) is 3.21. The first-order valence-corrected chi connectivity index (χ1v) is 6.05. The maximum absolute atomic E-state index is 11.5. The molecule has 6 nitrogen and oxygen atoms in total. The molecule has 1 aromatic heterocycles. The number of nitrogen functional groups attached to an aromatic ring is 2. The van der Waals surface area contributed by atoms with Gasteiger partial charge in [-0.1, -0.05) is 18.2 Å². The van der Waals surface area contributed by atoms with Crippen LogP contribution in [0.5, 0.6) is 0 Å². The van der Waals surface area contributed by atoms with Gasteiger partial charge in [-0.3, -0.25) is 4.79 Å². The number of nitrogens with zero attached hydrogens (tertiary/aromatic N) is 2. The predicted molar refractivity (Wildman–Crippen MR) is 76.8 cm³/mol. The Morgan fingerprint density at radius 1 is 1.32 bits per heavy atom. The van der Waals surface area contributed by atoms with Crippen LogP contribution in [-0.2, 0) is 6.54 Å². The fourth-order valence-corrected chi connectivity index (χ4v) is 1.87. The van der Waals surface area contributed by atoms with Gasteiger partial charge < -0.3 is 21.4 Å². The Kier molecular flexibility index (Phi) is 3.70. The minimum absolute atomic E-state index is 0.124. The fourth-order valence-electron chi connectivity index (χ4n) is 1.87. The average Bonchev–Trinajstić information content (AvgIpc) is 2.41. The Hall–Kier alpha value is -2.50. The highest BCUT2D eigenvalue weighted by Gasteiger charge is 2.13. The standard InChI is InChI=1S/C13H17N5O/c1-2-18(7-9-5-3-4-6-10(9)14)12-11(15)13(19)17-8-16-12/h3-6,8H,2,7,14-15H2,1H3,(H,16,17,19). The number of hydrogen-bond acceptors (Lipinski definition) is 5. The van der Waals surface area contributed by atoms with Gasteiger partial charge in [-0.2, -0.15) is 0 Å². The van der Waals surface area contributed by atoms with Crippen molar-refractivity contribution in [2.45, 2.75) is 13.5 Å². The minimum Gasteiger partial charge on any atom is -0.398 e. The van der Waals surface area contributed by atoms with Gasteiger partial charge in [0.05, 0.1) is 6.33 Å². The number of H-pyrrole nitrogens is 1. The summed E-state index contributed by atoms with van der Waals surface area (Å²) in [7, 11) is 0. The van der Waals surface area contributed by atoms with Crippen molar-refractivity contribution in [3.63, 3.8) is 0 Å². The third-order valence-electron chi connectivity index (χ3n) is 2.97. The molecule has 0 saturated carbocycles. The van der Waals surface area contributed by atoms with E-state index in [1.54, 1.807) is 0 Å². The van der Waals surface area contributed by atoms with Gasteiger partial charge in [0.15, 0.2) is 5.82 Å². The number of nitrogens with one attached hydrogen (secondary N) is 1. The number of benzene rings is 1. The molecule has 0 aliphatic heterocycles. The van der Waals surface area contributed by atoms with Crippen molar-refractivity contribution in [2.75, 3.05) is 22.9 Å². The monoisotopic (exact) mass is 259 g/mol. The molecule has 1 heterocycles. The van der Waals surface area contributed by atoms with Gasteiger partial charge in [0.25, 0.3) is 5.56 Å². The highest BCUT2D eigenvalue weighted by Crippen LogP contribution is 2.20. The lowest BCUT2D eigenvalue weighted by atomic mass is 10.1. The van der Waals surface area contributed by atoms with E-state index >= 15 is 0 Å². The Morgan fingerprint density at radius 2 is 2.05 bits per heavy atom. The molecule has 6 heteroatoms. The van der Waals surface area contributed by atoms with Gasteiger partial charge in [0, 0.05) is 18.8 Å². The molecule has 0 amide bonds. The number of para-hydroxylation sites is 1. The zero-order valence-corrected chi connectivity index (χ0v) is 10.8. The number of nitrogens with two attached hydrogens (primary N) is 2. The molecule has 2 rings (SSSR count). The molecule has 0 aliphatic carbocycles. The summed E-state index contributed by atoms with van der Waals surface area (Å²) in [6, 6.07) is 7.60. The van der Waals surface area contributed by atoms with Crippen LogP contribution < -0.4 is 21.9 Å². The first kappa shape index (κ1) is 12.9. The van der Waals surface area contributed by atoms with Crippen molar-refractivity contribution in [1.29, 1.82) is 0 Å². The summed E-state index contributed by atoms with van der Waals surface area (Å²) < 4.78 is 0. The Balaban J connectivity index is 2.33. The molecule has 0 unspecified atom stereocenters. The van der Waals surface area contributed by atoms with E-state index in [-0.39, 0.29) is 11.2 Å². The van der Waals surface area contributed by atoms with Crippen LogP contribution in [-0.4, -0.2) is 16.5 Å². The molecule has 5 N–H and O–H groups in total. The molecule has 0 radical (unpaired) electrons. The SMILES string of the molecule is CCN(Cc1ccccc1N)c1nc[nH]c(=O)c1N. The van der Waals surface area contributed by atoms with Crippen LogP contribution >= 0.6 is 0 Å². The zero-order valence-electron chi connectivity index (χ0n) is 10.8. The molecule has 2 aromatic rings. The van der Waals surface area contributed by atoms with Gasteiger partial charge in [-0.25, -0.2) is 4.98 Å². The summed E-state index contributed by atoms with van der Waals surface area (Å²) in [6.07, 6.45) is 1.35. The number of anilines is 3. The van der Waals surface area contributed by atoms with Crippen molar-refractivity contribution >= 4 is 17.2 Å². The lowest BCUT2D eigenvalue weighted by Crippen LogP contribution is -2.27. The molecule has 0 atom stereocenters. The Labute approximate surface area is 111 Å². The molecule has 100 valence electrons. The maximum Gasteiger partial charge on any atom is 0.276 e. The number of rotatable bonds is 4. The maximum atomic E-state index is 11.5. The summed E-state index contributed by atoms with van der Waals surface area (Å²) in [5.74, 6) is 0.481. The van der Waals surface area contributed by atoms with E-state index in [4.69, 9.17) is 11.5 Å². The van der Waals surface area contributed by atoms with E-state index in [1.807, 2.05) is 36.1 Å². The van der Waals surface area contributed by atoms with Crippen molar-refractivity contribution in [3.05, 3.63) is 46.5 Å². The van der Waals surface area contributed by atoms with Crippen LogP contribution in [0.3, 0.4) is 0 Å². The van der Waals surface area contributed by atoms with E-state index in [2.05, 4.69) is 9.97 Å². The van der Waals surface area contributed by atoms with Crippen LogP contribution in [0.1, 0.15) is 12.5 Å². The van der Waals surface area contributed by atoms with Crippen LogP contribution in [0.15, 0.2) is 35.4 Å². The second-order valence-corrected chi connectivity index (χ2v) is 4.18. The summed E-state index contributed by atoms with van der Waals surface area (Å²) in [5, 5.41) is 0. The Bertz CT molecular complexity index is 622. The molecule has 19 heavy (non-hydrogen) atoms. The van der Waals surface area contributed by atoms with Gasteiger partial charge >= 0.3 is 0 Å². The lowest BCUT2D eigenvalue weighted by Gasteiger charge is -2.23. The van der Waals surface area contributed by atoms with E-state index in [0.717, 1.165) is 5.56 Å². The molecule has 0 saturated heterocycles. The van der Waals surface area contributed by atoms with Crippen molar-refractivity contribution in [2.24, 2.45) is 0 Å². The van der Waals surface area contributed by atoms with Crippen LogP contribution in [0.25, 0.3) is 0 Å². The molecular formula is C13H17N5O. The predicted octanol–water partition coefficient (Wildman–Crippen LogP) is 0.961. The molecule has 0 fully saturated rings. The minimum atomic E-state index is -0.329. The van der Waals surface area contributed by atoms with Crippen LogP contribution in [0.4, 0.5) is 17.2 Å². The smallest absolute Gasteiger partial charge is 0.276 e. The second-order valence-electron chi connectivity index (χ2n) is 4.18. The number of aromatic amines is 1. The quantitative estimate of drug-likeness (QED) is 0.710. The average molecular weight is 259 g/mol. The van der Waals surface area contributed by atoms with Crippen LogP contribution in [0.2, 0.25) is 0 Å². The largest absolute Gasteiger partial charge is 0.398 e. The molecular weight excluding hydrogens is 242 g/mol. The van der Waals surface area contributed by atoms with E-state index in [0.29, 0.717) is 24.6 Å². The van der Waals surface area contributed by atoms with E-state index in [1.165, 1.54) is 6.33 Å². The third-order valence-corrected chi connectivity index (χ3v) is 2.97. The number of aromatic nitrogens is 2. The van der Waals surface area contributed by atoms with E-state index < -0.39 is 0 Å². The molecule has 1 aromatic carbocycles. The molecule has 0 spiro atoms. The number of hydrogen-bond donors (Lipinski definition) is 3. The van der Waals surface area contributed by atoms with Crippen molar-refractivity contribution in [3.8, 4) is 0 Å². The third kappa shape index (κ3) is 2.67.